The fourth-order valence-corrected chi connectivity index (χ4v) is 3.42. The average molecular weight is 254 g/mol. The number of hydrogen-bond donors (Lipinski definition) is 0. The molecular weight excluding hydrogens is 240 g/mol. The lowest BCUT2D eigenvalue weighted by molar-refractivity contribution is 0.415. The Balaban J connectivity index is 2.27. The van der Waals surface area contributed by atoms with Crippen molar-refractivity contribution in [2.45, 2.75) is 6.42 Å². The van der Waals surface area contributed by atoms with E-state index in [1.807, 2.05) is 23.5 Å². The maximum atomic E-state index is 5.27. The van der Waals surface area contributed by atoms with Crippen LogP contribution in [0.25, 0.3) is 20.9 Å². The lowest BCUT2D eigenvalue weighted by Crippen LogP contribution is -1.81. The highest BCUT2D eigenvalue weighted by Crippen LogP contribution is 2.34. The molecule has 3 rings (SSSR count). The normalized spacial score (nSPS) is 10.9. The zero-order chi connectivity index (χ0) is 12.5. The molecule has 0 fully saturated rings. The Hall–Kier alpha value is -1.80. The van der Waals surface area contributed by atoms with Gasteiger partial charge in [0, 0.05) is 9.58 Å². The van der Waals surface area contributed by atoms with Crippen LogP contribution in [0.4, 0.5) is 0 Å². The van der Waals surface area contributed by atoms with Crippen LogP contribution in [-0.2, 0) is 6.42 Å². The molecule has 1 nitrogen and oxygen atoms in total. The predicted molar refractivity (Wildman–Crippen MR) is 79.8 cm³/mol. The monoisotopic (exact) mass is 254 g/mol. The number of fused-ring (bicyclic) bond motifs is 3. The van der Waals surface area contributed by atoms with E-state index in [0.717, 1.165) is 12.2 Å². The number of benzene rings is 2. The van der Waals surface area contributed by atoms with Gasteiger partial charge >= 0.3 is 0 Å². The van der Waals surface area contributed by atoms with Gasteiger partial charge in [0.15, 0.2) is 0 Å². The first-order chi connectivity index (χ1) is 8.81. The van der Waals surface area contributed by atoms with Gasteiger partial charge in [-0.05, 0) is 46.8 Å². The number of thiophene rings is 1. The molecule has 0 N–H and O–H groups in total. The summed E-state index contributed by atoms with van der Waals surface area (Å²) in [5, 5.41) is 3.84. The summed E-state index contributed by atoms with van der Waals surface area (Å²) in [5.41, 5.74) is 0. The molecule has 0 amide bonds. The molecule has 0 aliphatic rings. The summed E-state index contributed by atoms with van der Waals surface area (Å²) in [7, 11) is 1.70. The minimum Gasteiger partial charge on any atom is -0.497 e. The van der Waals surface area contributed by atoms with E-state index in [1.54, 1.807) is 7.11 Å². The van der Waals surface area contributed by atoms with Gasteiger partial charge < -0.3 is 4.74 Å². The first-order valence-corrected chi connectivity index (χ1v) is 6.73. The quantitative estimate of drug-likeness (QED) is 0.610. The number of rotatable bonds is 3. The van der Waals surface area contributed by atoms with Crippen LogP contribution in [0, 0.1) is 0 Å². The molecule has 3 aromatic rings. The van der Waals surface area contributed by atoms with Crippen molar-refractivity contribution < 1.29 is 4.74 Å². The lowest BCUT2D eigenvalue weighted by atomic mass is 10.1. The van der Waals surface area contributed by atoms with E-state index >= 15 is 0 Å². The van der Waals surface area contributed by atoms with E-state index in [2.05, 4.69) is 36.9 Å². The van der Waals surface area contributed by atoms with E-state index in [0.29, 0.717) is 0 Å². The highest BCUT2D eigenvalue weighted by atomic mass is 32.1. The molecule has 0 radical (unpaired) electrons. The zero-order valence-electron chi connectivity index (χ0n) is 10.3. The van der Waals surface area contributed by atoms with Crippen LogP contribution in [-0.4, -0.2) is 7.11 Å². The first-order valence-electron chi connectivity index (χ1n) is 5.92. The van der Waals surface area contributed by atoms with Gasteiger partial charge in [-0.15, -0.1) is 17.9 Å². The van der Waals surface area contributed by atoms with Gasteiger partial charge in [-0.2, -0.15) is 0 Å². The minimum absolute atomic E-state index is 0.907. The third kappa shape index (κ3) is 1.79. The van der Waals surface area contributed by atoms with Gasteiger partial charge in [-0.3, -0.25) is 0 Å². The van der Waals surface area contributed by atoms with Crippen molar-refractivity contribution in [3.05, 3.63) is 53.9 Å². The van der Waals surface area contributed by atoms with Crippen LogP contribution < -0.4 is 4.74 Å². The van der Waals surface area contributed by atoms with Gasteiger partial charge in [0.05, 0.1) is 7.11 Å². The van der Waals surface area contributed by atoms with Crippen molar-refractivity contribution in [2.24, 2.45) is 0 Å². The third-order valence-electron chi connectivity index (χ3n) is 3.10. The van der Waals surface area contributed by atoms with Gasteiger partial charge in [-0.25, -0.2) is 0 Å². The van der Waals surface area contributed by atoms with Crippen LogP contribution in [0.15, 0.2) is 49.1 Å². The Morgan fingerprint density at radius 3 is 2.78 bits per heavy atom. The molecule has 0 atom stereocenters. The van der Waals surface area contributed by atoms with Crippen LogP contribution in [0.2, 0.25) is 0 Å². The lowest BCUT2D eigenvalue weighted by Gasteiger charge is -2.03. The van der Waals surface area contributed by atoms with Gasteiger partial charge in [0.25, 0.3) is 0 Å². The molecule has 0 unspecified atom stereocenters. The van der Waals surface area contributed by atoms with E-state index in [1.165, 1.54) is 25.7 Å². The second-order valence-corrected chi connectivity index (χ2v) is 5.41. The second kappa shape index (κ2) is 4.46. The minimum atomic E-state index is 0.907. The molecule has 18 heavy (non-hydrogen) atoms. The molecular formula is C16H14OS. The Kier molecular flexibility index (Phi) is 2.80. The number of hydrogen-bond acceptors (Lipinski definition) is 2. The Labute approximate surface area is 110 Å². The fraction of sp³-hybridized carbons (Fsp3) is 0.125. The molecule has 2 heteroatoms. The number of allylic oxidation sites excluding steroid dienone is 1. The topological polar surface area (TPSA) is 9.23 Å². The zero-order valence-corrected chi connectivity index (χ0v) is 11.1. The summed E-state index contributed by atoms with van der Waals surface area (Å²) < 4.78 is 6.62. The maximum Gasteiger partial charge on any atom is 0.119 e. The van der Waals surface area contributed by atoms with Crippen molar-refractivity contribution in [3.8, 4) is 5.75 Å². The van der Waals surface area contributed by atoms with Crippen LogP contribution >= 0.6 is 11.3 Å². The molecule has 90 valence electrons. The highest BCUT2D eigenvalue weighted by Gasteiger charge is 2.05. The molecule has 0 aliphatic heterocycles. The van der Waals surface area contributed by atoms with Crippen LogP contribution in [0.5, 0.6) is 5.75 Å². The van der Waals surface area contributed by atoms with E-state index < -0.39 is 0 Å². The van der Waals surface area contributed by atoms with E-state index in [-0.39, 0.29) is 0 Å². The molecule has 0 spiro atoms. The maximum absolute atomic E-state index is 5.27. The van der Waals surface area contributed by atoms with Gasteiger partial charge in [0.2, 0.25) is 0 Å². The molecule has 1 aromatic heterocycles. The standard InChI is InChI=1S/C16H14OS/c1-3-4-14-10-12-6-5-11-9-13(17-2)7-8-15(11)16(12)18-14/h3,5-10H,1,4H2,2H3. The summed E-state index contributed by atoms with van der Waals surface area (Å²) in [6.45, 7) is 3.80. The van der Waals surface area contributed by atoms with Crippen LogP contribution in [0.1, 0.15) is 4.88 Å². The first kappa shape index (κ1) is 11.3. The Bertz CT molecular complexity index is 724. The largest absolute Gasteiger partial charge is 0.497 e. The molecule has 1 heterocycles. The Morgan fingerprint density at radius 1 is 1.17 bits per heavy atom. The van der Waals surface area contributed by atoms with Crippen LogP contribution in [0.3, 0.4) is 0 Å². The summed E-state index contributed by atoms with van der Waals surface area (Å²) in [6.07, 6.45) is 2.90. The fourth-order valence-electron chi connectivity index (χ4n) is 2.23. The molecule has 0 aliphatic carbocycles. The summed E-state index contributed by atoms with van der Waals surface area (Å²) in [5.74, 6) is 0.907. The molecule has 2 aromatic carbocycles. The van der Waals surface area contributed by atoms with Crippen molar-refractivity contribution >= 4 is 32.2 Å². The average Bonchev–Trinajstić information content (AvgIpc) is 2.81. The number of ether oxygens (including phenoxy) is 1. The third-order valence-corrected chi connectivity index (χ3v) is 4.31. The predicted octanol–water partition coefficient (Wildman–Crippen LogP) is 4.79. The highest BCUT2D eigenvalue weighted by molar-refractivity contribution is 7.20. The summed E-state index contributed by atoms with van der Waals surface area (Å²) >= 11 is 1.85. The SMILES string of the molecule is C=CCc1cc2ccc3cc(OC)ccc3c2s1. The van der Waals surface area contributed by atoms with Gasteiger partial charge in [0.1, 0.15) is 5.75 Å². The molecule has 0 bridgehead atoms. The summed E-state index contributed by atoms with van der Waals surface area (Å²) in [4.78, 5) is 1.36. The van der Waals surface area contributed by atoms with Crippen molar-refractivity contribution in [2.75, 3.05) is 7.11 Å². The second-order valence-electron chi connectivity index (χ2n) is 4.28. The van der Waals surface area contributed by atoms with Gasteiger partial charge in [-0.1, -0.05) is 18.2 Å². The Morgan fingerprint density at radius 2 is 2.00 bits per heavy atom. The molecule has 0 saturated heterocycles. The smallest absolute Gasteiger partial charge is 0.119 e. The van der Waals surface area contributed by atoms with Crippen molar-refractivity contribution in [1.29, 1.82) is 0 Å². The van der Waals surface area contributed by atoms with E-state index in [9.17, 15) is 0 Å². The number of methoxy groups -OCH3 is 1. The summed E-state index contributed by atoms with van der Waals surface area (Å²) in [6, 6.07) is 12.8. The molecule has 0 saturated carbocycles. The van der Waals surface area contributed by atoms with Crippen molar-refractivity contribution in [3.63, 3.8) is 0 Å². The van der Waals surface area contributed by atoms with Crippen molar-refractivity contribution in [1.82, 2.24) is 0 Å². The van der Waals surface area contributed by atoms with E-state index in [4.69, 9.17) is 4.74 Å².